The number of guanidine groups is 1. The maximum absolute atomic E-state index is 11.8. The topological polar surface area (TPSA) is 74.8 Å². The Morgan fingerprint density at radius 2 is 1.58 bits per heavy atom. The van der Waals surface area contributed by atoms with E-state index in [-0.39, 0.29) is 5.91 Å². The van der Waals surface area contributed by atoms with E-state index in [4.69, 9.17) is 4.74 Å². The number of aliphatic imine (C=N–C) groups is 1. The lowest BCUT2D eigenvalue weighted by atomic mass is 10.1. The van der Waals surface area contributed by atoms with Crippen LogP contribution in [-0.4, -0.2) is 32.5 Å². The summed E-state index contributed by atoms with van der Waals surface area (Å²) < 4.78 is 5.93. The summed E-state index contributed by atoms with van der Waals surface area (Å²) in [6.45, 7) is 2.50. The SMILES string of the molecule is CN=C(NCCc1cccc(C(=O)NC)c1)NCc1ccccc1COCc1ccccc1. The zero-order chi connectivity index (χ0) is 23.3. The average Bonchev–Trinajstić information content (AvgIpc) is 2.87. The molecule has 1 amide bonds. The Kier molecular flexibility index (Phi) is 9.48. The lowest BCUT2D eigenvalue weighted by Gasteiger charge is -2.15. The average molecular weight is 445 g/mol. The van der Waals surface area contributed by atoms with E-state index in [1.54, 1.807) is 14.1 Å². The predicted octanol–water partition coefficient (Wildman–Crippen LogP) is 3.67. The molecular weight excluding hydrogens is 412 g/mol. The van der Waals surface area contributed by atoms with Crippen LogP contribution in [0.2, 0.25) is 0 Å². The van der Waals surface area contributed by atoms with E-state index in [1.807, 2.05) is 54.6 Å². The Bertz CT molecular complexity index is 1050. The van der Waals surface area contributed by atoms with Gasteiger partial charge in [-0.15, -0.1) is 0 Å². The smallest absolute Gasteiger partial charge is 0.251 e. The number of hydrogen-bond donors (Lipinski definition) is 3. The Morgan fingerprint density at radius 3 is 2.33 bits per heavy atom. The monoisotopic (exact) mass is 444 g/mol. The van der Waals surface area contributed by atoms with Crippen molar-refractivity contribution >= 4 is 11.9 Å². The van der Waals surface area contributed by atoms with E-state index in [0.29, 0.717) is 31.9 Å². The van der Waals surface area contributed by atoms with Gasteiger partial charge < -0.3 is 20.7 Å². The van der Waals surface area contributed by atoms with Crippen LogP contribution in [-0.2, 0) is 30.9 Å². The maximum Gasteiger partial charge on any atom is 0.251 e. The number of ether oxygens (including phenoxy) is 1. The van der Waals surface area contributed by atoms with Crippen molar-refractivity contribution in [2.75, 3.05) is 20.6 Å². The molecule has 6 heteroatoms. The van der Waals surface area contributed by atoms with Gasteiger partial charge >= 0.3 is 0 Å². The molecule has 0 aliphatic carbocycles. The zero-order valence-electron chi connectivity index (χ0n) is 19.3. The van der Waals surface area contributed by atoms with Crippen LogP contribution < -0.4 is 16.0 Å². The van der Waals surface area contributed by atoms with Gasteiger partial charge in [-0.25, -0.2) is 0 Å². The summed E-state index contributed by atoms with van der Waals surface area (Å²) in [6, 6.07) is 26.1. The standard InChI is InChI=1S/C27H32N4O2/c1-28-26(32)23-14-8-11-21(17-23)15-16-30-27(29-2)31-18-24-12-6-7-13-25(24)20-33-19-22-9-4-3-5-10-22/h3-14,17H,15-16,18-20H2,1-2H3,(H,28,32)(H2,29,30,31). The molecule has 3 aromatic rings. The van der Waals surface area contributed by atoms with Crippen LogP contribution in [0.15, 0.2) is 83.9 Å². The van der Waals surface area contributed by atoms with Gasteiger partial charge in [-0.3, -0.25) is 9.79 Å². The quantitative estimate of drug-likeness (QED) is 0.330. The fourth-order valence-corrected chi connectivity index (χ4v) is 3.46. The van der Waals surface area contributed by atoms with Gasteiger partial charge in [0, 0.05) is 32.7 Å². The summed E-state index contributed by atoms with van der Waals surface area (Å²) in [5.41, 5.74) is 5.26. The molecule has 0 radical (unpaired) electrons. The van der Waals surface area contributed by atoms with Crippen LogP contribution in [0.4, 0.5) is 0 Å². The van der Waals surface area contributed by atoms with Gasteiger partial charge in [0.1, 0.15) is 0 Å². The summed E-state index contributed by atoms with van der Waals surface area (Å²) in [6.07, 6.45) is 0.787. The van der Waals surface area contributed by atoms with Gasteiger partial charge in [0.25, 0.3) is 5.91 Å². The lowest BCUT2D eigenvalue weighted by molar-refractivity contribution is 0.0963. The van der Waals surface area contributed by atoms with Gasteiger partial charge in [-0.05, 0) is 40.8 Å². The Hall–Kier alpha value is -3.64. The molecule has 0 heterocycles. The Labute approximate surface area is 196 Å². The van der Waals surface area contributed by atoms with Crippen molar-refractivity contribution in [1.82, 2.24) is 16.0 Å². The summed E-state index contributed by atoms with van der Waals surface area (Å²) >= 11 is 0. The highest BCUT2D eigenvalue weighted by Gasteiger charge is 2.06. The van der Waals surface area contributed by atoms with Crippen LogP contribution in [0, 0.1) is 0 Å². The molecular formula is C27H32N4O2. The zero-order valence-corrected chi connectivity index (χ0v) is 19.3. The minimum Gasteiger partial charge on any atom is -0.372 e. The normalized spacial score (nSPS) is 11.2. The lowest BCUT2D eigenvalue weighted by Crippen LogP contribution is -2.38. The van der Waals surface area contributed by atoms with Crippen molar-refractivity contribution in [2.24, 2.45) is 4.99 Å². The van der Waals surface area contributed by atoms with Crippen LogP contribution in [0.5, 0.6) is 0 Å². The third-order valence-corrected chi connectivity index (χ3v) is 5.28. The van der Waals surface area contributed by atoms with Crippen molar-refractivity contribution in [3.8, 4) is 0 Å². The number of carbonyl (C=O) groups is 1. The number of rotatable bonds is 10. The summed E-state index contributed by atoms with van der Waals surface area (Å²) in [7, 11) is 3.40. The van der Waals surface area contributed by atoms with Crippen molar-refractivity contribution in [2.45, 2.75) is 26.2 Å². The van der Waals surface area contributed by atoms with Crippen LogP contribution in [0.3, 0.4) is 0 Å². The highest BCUT2D eigenvalue weighted by molar-refractivity contribution is 5.94. The van der Waals surface area contributed by atoms with Gasteiger partial charge in [-0.1, -0.05) is 66.7 Å². The molecule has 0 aliphatic heterocycles. The summed E-state index contributed by atoms with van der Waals surface area (Å²) in [4.78, 5) is 16.1. The largest absolute Gasteiger partial charge is 0.372 e. The molecule has 3 aromatic carbocycles. The van der Waals surface area contributed by atoms with Gasteiger partial charge in [-0.2, -0.15) is 0 Å². The van der Waals surface area contributed by atoms with E-state index < -0.39 is 0 Å². The molecule has 33 heavy (non-hydrogen) atoms. The first kappa shape index (κ1) is 24.0. The number of amides is 1. The van der Waals surface area contributed by atoms with E-state index in [2.05, 4.69) is 45.2 Å². The van der Waals surface area contributed by atoms with Crippen LogP contribution in [0.25, 0.3) is 0 Å². The second kappa shape index (κ2) is 13.0. The molecule has 0 spiro atoms. The molecule has 3 rings (SSSR count). The molecule has 172 valence electrons. The highest BCUT2D eigenvalue weighted by atomic mass is 16.5. The van der Waals surface area contributed by atoms with E-state index >= 15 is 0 Å². The van der Waals surface area contributed by atoms with Crippen molar-refractivity contribution < 1.29 is 9.53 Å². The van der Waals surface area contributed by atoms with Crippen LogP contribution in [0.1, 0.15) is 32.6 Å². The molecule has 0 aromatic heterocycles. The molecule has 0 bridgehead atoms. The molecule has 0 saturated carbocycles. The second-order valence-corrected chi connectivity index (χ2v) is 7.63. The van der Waals surface area contributed by atoms with Gasteiger partial charge in [0.05, 0.1) is 13.2 Å². The number of carbonyl (C=O) groups excluding carboxylic acids is 1. The Morgan fingerprint density at radius 1 is 0.848 bits per heavy atom. The van der Waals surface area contributed by atoms with Gasteiger partial charge in [0.15, 0.2) is 5.96 Å². The number of hydrogen-bond acceptors (Lipinski definition) is 3. The third-order valence-electron chi connectivity index (χ3n) is 5.28. The summed E-state index contributed by atoms with van der Waals surface area (Å²) in [5.74, 6) is 0.658. The molecule has 0 unspecified atom stereocenters. The number of nitrogens with one attached hydrogen (secondary N) is 3. The van der Waals surface area contributed by atoms with E-state index in [0.717, 1.165) is 23.5 Å². The van der Waals surface area contributed by atoms with Crippen molar-refractivity contribution in [3.63, 3.8) is 0 Å². The molecule has 3 N–H and O–H groups in total. The fraction of sp³-hybridized carbons (Fsp3) is 0.259. The minimum absolute atomic E-state index is 0.0753. The molecule has 0 aliphatic rings. The van der Waals surface area contributed by atoms with Crippen molar-refractivity contribution in [3.05, 3.63) is 107 Å². The minimum atomic E-state index is -0.0753. The van der Waals surface area contributed by atoms with E-state index in [1.165, 1.54) is 11.1 Å². The van der Waals surface area contributed by atoms with Gasteiger partial charge in [0.2, 0.25) is 0 Å². The second-order valence-electron chi connectivity index (χ2n) is 7.63. The number of nitrogens with zero attached hydrogens (tertiary/aromatic N) is 1. The predicted molar refractivity (Wildman–Crippen MR) is 133 cm³/mol. The third kappa shape index (κ3) is 7.77. The highest BCUT2D eigenvalue weighted by Crippen LogP contribution is 2.12. The first-order valence-corrected chi connectivity index (χ1v) is 11.1. The first-order chi connectivity index (χ1) is 16.2. The van der Waals surface area contributed by atoms with E-state index in [9.17, 15) is 4.79 Å². The van der Waals surface area contributed by atoms with Crippen molar-refractivity contribution in [1.29, 1.82) is 0 Å². The molecule has 6 nitrogen and oxygen atoms in total. The number of benzene rings is 3. The summed E-state index contributed by atoms with van der Waals surface area (Å²) in [5, 5.41) is 9.38. The van der Waals surface area contributed by atoms with Crippen LogP contribution >= 0.6 is 0 Å². The maximum atomic E-state index is 11.8. The molecule has 0 saturated heterocycles. The Balaban J connectivity index is 1.47. The molecule has 0 atom stereocenters. The molecule has 0 fully saturated rings. The fourth-order valence-electron chi connectivity index (χ4n) is 3.46. The first-order valence-electron chi connectivity index (χ1n) is 11.1.